The molecular weight excluding hydrogens is 320 g/mol. The van der Waals surface area contributed by atoms with Crippen molar-refractivity contribution in [2.45, 2.75) is 25.3 Å². The minimum Gasteiger partial charge on any atom is -0.323 e. The van der Waals surface area contributed by atoms with Gasteiger partial charge < -0.3 is 5.73 Å². The first-order chi connectivity index (χ1) is 7.15. The number of rotatable bonds is 4. The zero-order valence-electron chi connectivity index (χ0n) is 8.21. The molecule has 0 radical (unpaired) electrons. The summed E-state index contributed by atoms with van der Waals surface area (Å²) in [5.41, 5.74) is 6.89. The number of nitrogens with zero attached hydrogens (tertiary/aromatic N) is 1. The summed E-state index contributed by atoms with van der Waals surface area (Å²) in [6, 6.07) is 1.89. The topological polar surface area (TPSA) is 38.9 Å². The molecule has 2 N–H and O–H groups in total. The first-order valence-corrected chi connectivity index (χ1v) is 6.23. The maximum atomic E-state index is 6.01. The van der Waals surface area contributed by atoms with Crippen LogP contribution in [-0.2, 0) is 0 Å². The van der Waals surface area contributed by atoms with E-state index in [2.05, 4.69) is 42.8 Å². The average molecular weight is 332 g/mol. The highest BCUT2D eigenvalue weighted by Gasteiger charge is 2.11. The van der Waals surface area contributed by atoms with Crippen molar-refractivity contribution in [3.05, 3.63) is 26.9 Å². The molecule has 1 aromatic heterocycles. The number of nitrogens with two attached hydrogens (primary N) is 1. The lowest BCUT2D eigenvalue weighted by Gasteiger charge is -2.11. The molecule has 1 rings (SSSR count). The van der Waals surface area contributed by atoms with Gasteiger partial charge in [0.1, 0.15) is 0 Å². The molecule has 1 unspecified atom stereocenters. The molecule has 0 aromatic carbocycles. The highest BCUT2D eigenvalue weighted by Crippen LogP contribution is 2.25. The summed E-state index contributed by atoms with van der Waals surface area (Å²) >= 11 is 6.79. The first kappa shape index (κ1) is 12.7. The Bertz CT molecular complexity index is 371. The van der Waals surface area contributed by atoms with Crippen molar-refractivity contribution in [3.63, 3.8) is 0 Å². The van der Waals surface area contributed by atoms with Crippen LogP contribution >= 0.6 is 31.9 Å². The van der Waals surface area contributed by atoms with Gasteiger partial charge in [-0.25, -0.2) is 0 Å². The van der Waals surface area contributed by atoms with Gasteiger partial charge >= 0.3 is 0 Å². The lowest BCUT2D eigenvalue weighted by Crippen LogP contribution is -2.12. The first-order valence-electron chi connectivity index (χ1n) is 4.65. The lowest BCUT2D eigenvalue weighted by atomic mass is 10.1. The molecule has 2 nitrogen and oxygen atoms in total. The Balaban J connectivity index is 2.66. The van der Waals surface area contributed by atoms with Crippen LogP contribution in [0.4, 0.5) is 0 Å². The maximum Gasteiger partial charge on any atom is 0.0713 e. The average Bonchev–Trinajstić information content (AvgIpc) is 2.17. The molecule has 1 heterocycles. The van der Waals surface area contributed by atoms with E-state index in [1.54, 1.807) is 6.20 Å². The predicted octanol–water partition coefficient (Wildman–Crippen LogP) is 3.41. The lowest BCUT2D eigenvalue weighted by molar-refractivity contribution is 0.603. The number of terminal acetylenes is 1. The summed E-state index contributed by atoms with van der Waals surface area (Å²) < 4.78 is 1.87. The van der Waals surface area contributed by atoms with Gasteiger partial charge in [-0.1, -0.05) is 0 Å². The predicted molar refractivity (Wildman–Crippen MR) is 69.2 cm³/mol. The van der Waals surface area contributed by atoms with Gasteiger partial charge in [0.05, 0.1) is 5.69 Å². The summed E-state index contributed by atoms with van der Waals surface area (Å²) in [6.07, 6.45) is 9.49. The zero-order valence-corrected chi connectivity index (χ0v) is 11.4. The van der Waals surface area contributed by atoms with Crippen molar-refractivity contribution in [1.29, 1.82) is 0 Å². The molecule has 4 heteroatoms. The standard InChI is InChI=1S/C11H12Br2N2/c1-2-3-4-5-10(14)11-9(13)6-8(12)7-15-11/h1,6-7,10H,3-5,14H2. The van der Waals surface area contributed by atoms with E-state index in [0.717, 1.165) is 33.9 Å². The SMILES string of the molecule is C#CCCCC(N)c1ncc(Br)cc1Br. The van der Waals surface area contributed by atoms with Crippen molar-refractivity contribution in [2.24, 2.45) is 5.73 Å². The normalized spacial score (nSPS) is 12.1. The number of aromatic nitrogens is 1. The van der Waals surface area contributed by atoms with E-state index < -0.39 is 0 Å². The minimum atomic E-state index is -0.0548. The van der Waals surface area contributed by atoms with Crippen molar-refractivity contribution in [3.8, 4) is 12.3 Å². The fraction of sp³-hybridized carbons (Fsp3) is 0.364. The monoisotopic (exact) mass is 330 g/mol. The molecule has 0 spiro atoms. The van der Waals surface area contributed by atoms with Crippen LogP contribution in [0.25, 0.3) is 0 Å². The van der Waals surface area contributed by atoms with E-state index in [9.17, 15) is 0 Å². The summed E-state index contributed by atoms with van der Waals surface area (Å²) in [6.45, 7) is 0. The third kappa shape index (κ3) is 3.94. The van der Waals surface area contributed by atoms with Gasteiger partial charge in [0, 0.05) is 27.6 Å². The van der Waals surface area contributed by atoms with Crippen LogP contribution < -0.4 is 5.73 Å². The summed E-state index contributed by atoms with van der Waals surface area (Å²) in [5.74, 6) is 2.60. The number of hydrogen-bond acceptors (Lipinski definition) is 2. The fourth-order valence-electron chi connectivity index (χ4n) is 1.26. The fourth-order valence-corrected chi connectivity index (χ4v) is 2.54. The number of unbranched alkanes of at least 4 members (excludes halogenated alkanes) is 1. The Hall–Kier alpha value is -0.370. The molecule has 15 heavy (non-hydrogen) atoms. The van der Waals surface area contributed by atoms with Gasteiger partial charge in [0.2, 0.25) is 0 Å². The van der Waals surface area contributed by atoms with E-state index in [0.29, 0.717) is 0 Å². The third-order valence-electron chi connectivity index (χ3n) is 2.02. The van der Waals surface area contributed by atoms with Gasteiger partial charge in [-0.05, 0) is 50.8 Å². The highest BCUT2D eigenvalue weighted by atomic mass is 79.9. The van der Waals surface area contributed by atoms with Crippen LogP contribution in [0, 0.1) is 12.3 Å². The quantitative estimate of drug-likeness (QED) is 0.678. The van der Waals surface area contributed by atoms with Crippen LogP contribution in [0.2, 0.25) is 0 Å². The van der Waals surface area contributed by atoms with Crippen LogP contribution in [0.15, 0.2) is 21.2 Å². The summed E-state index contributed by atoms with van der Waals surface area (Å²) in [7, 11) is 0. The maximum absolute atomic E-state index is 6.01. The molecule has 1 atom stereocenters. The molecule has 0 saturated carbocycles. The Kier molecular flexibility index (Phi) is 5.30. The minimum absolute atomic E-state index is 0.0548. The molecule has 0 aliphatic rings. The van der Waals surface area contributed by atoms with Gasteiger partial charge in [-0.2, -0.15) is 0 Å². The smallest absolute Gasteiger partial charge is 0.0713 e. The van der Waals surface area contributed by atoms with Crippen LogP contribution in [0.3, 0.4) is 0 Å². The summed E-state index contributed by atoms with van der Waals surface area (Å²) in [4.78, 5) is 4.29. The van der Waals surface area contributed by atoms with Crippen molar-refractivity contribution in [1.82, 2.24) is 4.98 Å². The van der Waals surface area contributed by atoms with Gasteiger partial charge in [0.25, 0.3) is 0 Å². The number of hydrogen-bond donors (Lipinski definition) is 1. The Labute approximate surface area is 107 Å². The molecular formula is C11H12Br2N2. The largest absolute Gasteiger partial charge is 0.323 e. The second kappa shape index (κ2) is 6.26. The summed E-state index contributed by atoms with van der Waals surface area (Å²) in [5, 5.41) is 0. The molecule has 1 aromatic rings. The van der Waals surface area contributed by atoms with Gasteiger partial charge in [-0.3, -0.25) is 4.98 Å². The van der Waals surface area contributed by atoms with E-state index in [4.69, 9.17) is 12.2 Å². The van der Waals surface area contributed by atoms with Crippen molar-refractivity contribution < 1.29 is 0 Å². The van der Waals surface area contributed by atoms with Gasteiger partial charge in [-0.15, -0.1) is 12.3 Å². The zero-order chi connectivity index (χ0) is 11.3. The highest BCUT2D eigenvalue weighted by molar-refractivity contribution is 9.11. The van der Waals surface area contributed by atoms with Crippen LogP contribution in [0.1, 0.15) is 31.0 Å². The van der Waals surface area contributed by atoms with E-state index in [-0.39, 0.29) is 6.04 Å². The number of halogens is 2. The molecule has 0 aliphatic heterocycles. The molecule has 0 fully saturated rings. The molecule has 0 saturated heterocycles. The second-order valence-corrected chi connectivity index (χ2v) is 4.99. The van der Waals surface area contributed by atoms with Crippen molar-refractivity contribution in [2.75, 3.05) is 0 Å². The van der Waals surface area contributed by atoms with Crippen molar-refractivity contribution >= 4 is 31.9 Å². The van der Waals surface area contributed by atoms with Crippen LogP contribution in [-0.4, -0.2) is 4.98 Å². The van der Waals surface area contributed by atoms with E-state index >= 15 is 0 Å². The molecule has 0 bridgehead atoms. The molecule has 80 valence electrons. The molecule has 0 amide bonds. The van der Waals surface area contributed by atoms with Gasteiger partial charge in [0.15, 0.2) is 0 Å². The van der Waals surface area contributed by atoms with E-state index in [1.807, 2.05) is 6.07 Å². The van der Waals surface area contributed by atoms with E-state index in [1.165, 1.54) is 0 Å². The molecule has 0 aliphatic carbocycles. The van der Waals surface area contributed by atoms with Crippen LogP contribution in [0.5, 0.6) is 0 Å². The Morgan fingerprint density at radius 2 is 2.27 bits per heavy atom. The Morgan fingerprint density at radius 3 is 2.87 bits per heavy atom. The second-order valence-electron chi connectivity index (χ2n) is 3.22. The third-order valence-corrected chi connectivity index (χ3v) is 3.09. The Morgan fingerprint density at radius 1 is 1.53 bits per heavy atom. The number of pyridine rings is 1.